The lowest BCUT2D eigenvalue weighted by atomic mass is 9.91. The summed E-state index contributed by atoms with van der Waals surface area (Å²) in [5.41, 5.74) is 19.4. The van der Waals surface area contributed by atoms with E-state index in [4.69, 9.17) is 17.2 Å². The van der Waals surface area contributed by atoms with Crippen LogP contribution in [0.2, 0.25) is 0 Å². The van der Waals surface area contributed by atoms with Crippen LogP contribution in [-0.4, -0.2) is 70.6 Å². The summed E-state index contributed by atoms with van der Waals surface area (Å²) in [7, 11) is 0. The van der Waals surface area contributed by atoms with E-state index in [9.17, 15) is 14.4 Å². The number of primary amides is 2. The fraction of sp³-hybridized carbons (Fsp3) is 0.378. The molecule has 2 fully saturated rings. The second-order valence-corrected chi connectivity index (χ2v) is 15.4. The Hall–Kier alpha value is -5.79. The first kappa shape index (κ1) is 39.9. The number of hydrogen-bond acceptors (Lipinski definition) is 16. The molecule has 294 valence electrons. The summed E-state index contributed by atoms with van der Waals surface area (Å²) in [6.45, 7) is 3.78. The van der Waals surface area contributed by atoms with E-state index < -0.39 is 11.8 Å². The monoisotopic (exact) mass is 798 g/mol. The molecule has 0 atom stereocenters. The molecule has 4 aromatic heterocycles. The minimum atomic E-state index is -0.651. The predicted octanol–water partition coefficient (Wildman–Crippen LogP) is 5.00. The average molecular weight is 799 g/mol. The van der Waals surface area contributed by atoms with Crippen LogP contribution in [0.5, 0.6) is 0 Å². The van der Waals surface area contributed by atoms with E-state index >= 15 is 0 Å². The predicted molar refractivity (Wildman–Crippen MR) is 219 cm³/mol. The van der Waals surface area contributed by atoms with Gasteiger partial charge in [0.2, 0.25) is 0 Å². The van der Waals surface area contributed by atoms with Gasteiger partial charge in [0.25, 0.3) is 17.7 Å². The van der Waals surface area contributed by atoms with Crippen LogP contribution in [0.4, 0.5) is 33.3 Å². The highest BCUT2D eigenvalue weighted by Crippen LogP contribution is 2.27. The maximum Gasteiger partial charge on any atom is 0.271 e. The molecule has 17 nitrogen and oxygen atoms in total. The Morgan fingerprint density at radius 3 is 1.54 bits per heavy atom. The fourth-order valence-electron chi connectivity index (χ4n) is 6.45. The highest BCUT2D eigenvalue weighted by molar-refractivity contribution is 7.10. The molecule has 5 aromatic rings. The van der Waals surface area contributed by atoms with Crippen LogP contribution in [0.15, 0.2) is 54.9 Å². The van der Waals surface area contributed by atoms with Gasteiger partial charge in [0.05, 0.1) is 23.8 Å². The van der Waals surface area contributed by atoms with Crippen molar-refractivity contribution in [3.63, 3.8) is 0 Å². The quantitative estimate of drug-likeness (QED) is 0.0826. The summed E-state index contributed by atoms with van der Waals surface area (Å²) in [6, 6.07) is 13.9. The van der Waals surface area contributed by atoms with Crippen molar-refractivity contribution in [2.24, 2.45) is 17.2 Å². The Bertz CT molecular complexity index is 2110. The van der Waals surface area contributed by atoms with Crippen LogP contribution in [0.1, 0.15) is 94.1 Å². The normalized spacial score (nSPS) is 19.1. The molecular weight excluding hydrogens is 753 g/mol. The summed E-state index contributed by atoms with van der Waals surface area (Å²) in [6.07, 6.45) is 10.6. The van der Waals surface area contributed by atoms with Crippen molar-refractivity contribution in [1.29, 1.82) is 0 Å². The molecule has 2 aliphatic carbocycles. The molecule has 11 N–H and O–H groups in total. The van der Waals surface area contributed by atoms with E-state index in [-0.39, 0.29) is 35.4 Å². The molecule has 7 rings (SSSR count). The van der Waals surface area contributed by atoms with Crippen molar-refractivity contribution in [2.45, 2.75) is 89.4 Å². The van der Waals surface area contributed by atoms with Gasteiger partial charge in [-0.2, -0.15) is 8.75 Å². The Morgan fingerprint density at radius 1 is 0.661 bits per heavy atom. The van der Waals surface area contributed by atoms with Crippen LogP contribution < -0.4 is 43.8 Å². The van der Waals surface area contributed by atoms with Crippen molar-refractivity contribution >= 4 is 74.1 Å². The zero-order valence-corrected chi connectivity index (χ0v) is 32.8. The van der Waals surface area contributed by atoms with Gasteiger partial charge in [-0.3, -0.25) is 14.4 Å². The standard InChI is InChI=1S/C22H25N7O2S.C15H21N7OS/c1-13-11-18(32-29-13)28-21-19(20(23)30)24-12-17(27-21)25-15-7-9-16(10-8-15)26-22(31)14-5-3-2-4-6-14;1-8-6-12(24-22-8)21-15-13(14(17)23)18-7-11(20-15)19-10-4-2-9(16)3-5-10/h2-6,11-12,15-16H,7-10H2,1H3,(H2,23,30)(H,26,31)(H2,25,27,28);6-7,9-10H,2-5,16H2,1H3,(H2,17,23)(H2,19,20,21). The number of carbonyl (C=O) groups is 3. The third-order valence-corrected chi connectivity index (χ3v) is 10.9. The lowest BCUT2D eigenvalue weighted by Gasteiger charge is -2.30. The van der Waals surface area contributed by atoms with Gasteiger partial charge in [-0.25, -0.2) is 19.9 Å². The van der Waals surface area contributed by atoms with Gasteiger partial charge in [-0.1, -0.05) is 18.2 Å². The molecule has 0 spiro atoms. The third kappa shape index (κ3) is 11.1. The zero-order chi connectivity index (χ0) is 39.6. The van der Waals surface area contributed by atoms with Crippen molar-refractivity contribution < 1.29 is 14.4 Å². The first-order chi connectivity index (χ1) is 27.0. The summed E-state index contributed by atoms with van der Waals surface area (Å²) in [5, 5.41) is 17.6. The first-order valence-corrected chi connectivity index (χ1v) is 19.9. The van der Waals surface area contributed by atoms with E-state index in [0.29, 0.717) is 34.9 Å². The summed E-state index contributed by atoms with van der Waals surface area (Å²) >= 11 is 2.57. The number of hydrogen-bond donors (Lipinski definition) is 8. The molecular formula is C37H46N14O3S2. The van der Waals surface area contributed by atoms with E-state index in [1.54, 1.807) is 0 Å². The van der Waals surface area contributed by atoms with Crippen molar-refractivity contribution in [3.05, 3.63) is 83.2 Å². The van der Waals surface area contributed by atoms with Gasteiger partial charge in [-0.05, 0) is 113 Å². The SMILES string of the molecule is Cc1cc(Nc2nc(NC3CCC(N)CC3)cnc2C(N)=O)sn1.Cc1cc(Nc2nc(NC3CCC(NC(=O)c4ccccc4)CC3)cnc2C(N)=O)sn1. The first-order valence-electron chi connectivity index (χ1n) is 18.4. The van der Waals surface area contributed by atoms with Crippen LogP contribution in [-0.2, 0) is 0 Å². The molecule has 1 aromatic carbocycles. The molecule has 0 saturated heterocycles. The van der Waals surface area contributed by atoms with Crippen LogP contribution in [0.25, 0.3) is 0 Å². The molecule has 19 heteroatoms. The fourth-order valence-corrected chi connectivity index (χ4v) is 7.77. The minimum absolute atomic E-state index is 0.0380. The molecule has 4 heterocycles. The van der Waals surface area contributed by atoms with Gasteiger partial charge >= 0.3 is 0 Å². The summed E-state index contributed by atoms with van der Waals surface area (Å²) in [4.78, 5) is 53.1. The van der Waals surface area contributed by atoms with Gasteiger partial charge in [0, 0.05) is 29.7 Å². The smallest absolute Gasteiger partial charge is 0.271 e. The molecule has 2 saturated carbocycles. The van der Waals surface area contributed by atoms with Crippen LogP contribution in [0.3, 0.4) is 0 Å². The number of nitrogens with one attached hydrogen (secondary N) is 5. The largest absolute Gasteiger partial charge is 0.366 e. The number of amides is 3. The van der Waals surface area contributed by atoms with Crippen molar-refractivity contribution in [2.75, 3.05) is 21.3 Å². The van der Waals surface area contributed by atoms with Gasteiger partial charge < -0.3 is 43.8 Å². The van der Waals surface area contributed by atoms with E-state index in [1.807, 2.05) is 56.3 Å². The van der Waals surface area contributed by atoms with E-state index in [0.717, 1.165) is 72.8 Å². The van der Waals surface area contributed by atoms with E-state index in [2.05, 4.69) is 55.3 Å². The Labute approximate surface area is 332 Å². The number of aromatic nitrogens is 6. The second-order valence-electron chi connectivity index (χ2n) is 13.8. The number of aryl methyl sites for hydroxylation is 2. The molecule has 3 amide bonds. The zero-order valence-electron chi connectivity index (χ0n) is 31.1. The number of rotatable bonds is 12. The average Bonchev–Trinajstić information content (AvgIpc) is 3.80. The highest BCUT2D eigenvalue weighted by atomic mass is 32.1. The van der Waals surface area contributed by atoms with Crippen molar-refractivity contribution in [3.8, 4) is 0 Å². The minimum Gasteiger partial charge on any atom is -0.366 e. The van der Waals surface area contributed by atoms with E-state index in [1.165, 1.54) is 35.5 Å². The second kappa shape index (κ2) is 18.7. The van der Waals surface area contributed by atoms with Gasteiger partial charge in [0.1, 0.15) is 21.6 Å². The number of nitrogens with two attached hydrogens (primary N) is 3. The summed E-state index contributed by atoms with van der Waals surface area (Å²) in [5.74, 6) is 0.506. The number of benzene rings is 1. The van der Waals surface area contributed by atoms with Gasteiger partial charge in [0.15, 0.2) is 23.0 Å². The molecule has 2 aliphatic rings. The molecule has 0 unspecified atom stereocenters. The maximum absolute atomic E-state index is 12.4. The van der Waals surface area contributed by atoms with Gasteiger partial charge in [-0.15, -0.1) is 0 Å². The van der Waals surface area contributed by atoms with Crippen molar-refractivity contribution in [1.82, 2.24) is 34.0 Å². The molecule has 0 radical (unpaired) electrons. The molecule has 56 heavy (non-hydrogen) atoms. The third-order valence-electron chi connectivity index (χ3n) is 9.33. The number of anilines is 6. The summed E-state index contributed by atoms with van der Waals surface area (Å²) < 4.78 is 8.42. The Kier molecular flexibility index (Phi) is 13.3. The Morgan fingerprint density at radius 2 is 1.11 bits per heavy atom. The van der Waals surface area contributed by atoms with Crippen LogP contribution >= 0.6 is 23.1 Å². The topological polar surface area (TPSA) is 267 Å². The molecule has 0 aliphatic heterocycles. The lowest BCUT2D eigenvalue weighted by molar-refractivity contribution is 0.0924. The highest BCUT2D eigenvalue weighted by Gasteiger charge is 2.24. The van der Waals surface area contributed by atoms with Crippen LogP contribution in [0, 0.1) is 13.8 Å². The molecule has 0 bridgehead atoms. The number of nitrogens with zero attached hydrogens (tertiary/aromatic N) is 6. The number of carbonyl (C=O) groups excluding carboxylic acids is 3. The Balaban J connectivity index is 0.000000198. The lowest BCUT2D eigenvalue weighted by Crippen LogP contribution is -2.40. The maximum atomic E-state index is 12.4.